The molecule has 1 rings (SSSR count). The summed E-state index contributed by atoms with van der Waals surface area (Å²) in [5, 5.41) is 7.37. The summed E-state index contributed by atoms with van der Waals surface area (Å²) in [5.74, 6) is -0.573. The monoisotopic (exact) mass is 231 g/mol. The molecule has 7 heteroatoms. The predicted octanol–water partition coefficient (Wildman–Crippen LogP) is 0.223. The maximum absolute atomic E-state index is 12.2. The van der Waals surface area contributed by atoms with Crippen LogP contribution >= 0.6 is 0 Å². The third kappa shape index (κ3) is 2.75. The molecule has 90 valence electrons. The molecule has 0 saturated heterocycles. The maximum atomic E-state index is 12.2. The minimum absolute atomic E-state index is 0.0725. The van der Waals surface area contributed by atoms with Crippen LogP contribution in [0.3, 0.4) is 0 Å². The van der Waals surface area contributed by atoms with Gasteiger partial charge < -0.3 is 9.47 Å². The van der Waals surface area contributed by atoms with Crippen molar-refractivity contribution in [3.63, 3.8) is 0 Å². The summed E-state index contributed by atoms with van der Waals surface area (Å²) in [4.78, 5) is 11.3. The summed E-state index contributed by atoms with van der Waals surface area (Å²) >= 11 is 0. The number of methoxy groups -OCH3 is 2. The highest BCUT2D eigenvalue weighted by Crippen LogP contribution is 2.08. The number of aromatic nitrogens is 3. The average Bonchev–Trinajstić information content (AvgIpc) is 2.69. The summed E-state index contributed by atoms with van der Waals surface area (Å²) in [6.07, 6.45) is 0.438. The number of rotatable bonds is 6. The van der Waals surface area contributed by atoms with E-state index in [1.165, 1.54) is 11.8 Å². The molecule has 0 fully saturated rings. The van der Waals surface area contributed by atoms with Crippen molar-refractivity contribution in [1.29, 1.82) is 0 Å². The third-order valence-corrected chi connectivity index (χ3v) is 2.06. The summed E-state index contributed by atoms with van der Waals surface area (Å²) < 4.78 is 23.1. The van der Waals surface area contributed by atoms with Crippen LogP contribution in [0.4, 0.5) is 4.39 Å². The lowest BCUT2D eigenvalue weighted by Gasteiger charge is -2.04. The molecule has 0 N–H and O–H groups in total. The van der Waals surface area contributed by atoms with Crippen LogP contribution in [0, 0.1) is 0 Å². The van der Waals surface area contributed by atoms with Gasteiger partial charge in [-0.1, -0.05) is 5.21 Å². The Morgan fingerprint density at radius 1 is 1.50 bits per heavy atom. The van der Waals surface area contributed by atoms with Crippen molar-refractivity contribution < 1.29 is 18.7 Å². The van der Waals surface area contributed by atoms with Gasteiger partial charge in [0.25, 0.3) is 0 Å². The van der Waals surface area contributed by atoms with Crippen molar-refractivity contribution in [2.24, 2.45) is 0 Å². The molecule has 0 unspecified atom stereocenters. The summed E-state index contributed by atoms with van der Waals surface area (Å²) in [6, 6.07) is 0. The fourth-order valence-electron chi connectivity index (χ4n) is 1.29. The minimum Gasteiger partial charge on any atom is -0.464 e. The largest absolute Gasteiger partial charge is 0.464 e. The zero-order valence-electron chi connectivity index (χ0n) is 9.27. The molecule has 1 heterocycles. The third-order valence-electron chi connectivity index (χ3n) is 2.06. The van der Waals surface area contributed by atoms with Gasteiger partial charge in [-0.25, -0.2) is 13.9 Å². The van der Waals surface area contributed by atoms with Gasteiger partial charge in [-0.3, -0.25) is 0 Å². The smallest absolute Gasteiger partial charge is 0.360 e. The molecule has 0 saturated carbocycles. The van der Waals surface area contributed by atoms with E-state index in [9.17, 15) is 9.18 Å². The summed E-state index contributed by atoms with van der Waals surface area (Å²) in [6.45, 7) is -0.0867. The Hall–Kier alpha value is -1.50. The SMILES string of the molecule is COCCc1c(C(=O)OC)nnn1CCF. The molecular formula is C9H14FN3O3. The second-order valence-corrected chi connectivity index (χ2v) is 3.03. The van der Waals surface area contributed by atoms with Crippen LogP contribution in [0.1, 0.15) is 16.2 Å². The van der Waals surface area contributed by atoms with Gasteiger partial charge in [0.15, 0.2) is 5.69 Å². The molecule has 0 aromatic carbocycles. The van der Waals surface area contributed by atoms with Crippen molar-refractivity contribution in [2.75, 3.05) is 27.5 Å². The van der Waals surface area contributed by atoms with Crippen LogP contribution in [0.2, 0.25) is 0 Å². The van der Waals surface area contributed by atoms with Gasteiger partial charge in [-0.2, -0.15) is 0 Å². The molecule has 0 amide bonds. The van der Waals surface area contributed by atoms with Crippen molar-refractivity contribution in [3.8, 4) is 0 Å². The molecule has 0 radical (unpaired) electrons. The van der Waals surface area contributed by atoms with Crippen LogP contribution in [-0.2, 0) is 22.4 Å². The number of esters is 1. The quantitative estimate of drug-likeness (QED) is 0.655. The molecule has 1 aromatic heterocycles. The lowest BCUT2D eigenvalue weighted by atomic mass is 10.2. The van der Waals surface area contributed by atoms with E-state index < -0.39 is 12.6 Å². The van der Waals surface area contributed by atoms with Gasteiger partial charge in [0.05, 0.1) is 26.0 Å². The molecule has 0 aliphatic rings. The fourth-order valence-corrected chi connectivity index (χ4v) is 1.29. The second kappa shape index (κ2) is 6.16. The Labute approximate surface area is 92.3 Å². The van der Waals surface area contributed by atoms with Crippen LogP contribution in [0.15, 0.2) is 0 Å². The lowest BCUT2D eigenvalue weighted by Crippen LogP contribution is -2.12. The van der Waals surface area contributed by atoms with Gasteiger partial charge in [0.2, 0.25) is 0 Å². The first kappa shape index (κ1) is 12.6. The van der Waals surface area contributed by atoms with E-state index in [-0.39, 0.29) is 12.2 Å². The van der Waals surface area contributed by atoms with Crippen LogP contribution in [0.5, 0.6) is 0 Å². The maximum Gasteiger partial charge on any atom is 0.360 e. The molecule has 0 aliphatic carbocycles. The number of alkyl halides is 1. The van der Waals surface area contributed by atoms with Crippen molar-refractivity contribution in [2.45, 2.75) is 13.0 Å². The number of halogens is 1. The highest BCUT2D eigenvalue weighted by atomic mass is 19.1. The molecular weight excluding hydrogens is 217 g/mol. The lowest BCUT2D eigenvalue weighted by molar-refractivity contribution is 0.0592. The van der Waals surface area contributed by atoms with Crippen LogP contribution in [0.25, 0.3) is 0 Å². The van der Waals surface area contributed by atoms with E-state index in [0.29, 0.717) is 18.7 Å². The van der Waals surface area contributed by atoms with Crippen LogP contribution in [-0.4, -0.2) is 48.5 Å². The number of hydrogen-bond acceptors (Lipinski definition) is 5. The van der Waals surface area contributed by atoms with Crippen LogP contribution < -0.4 is 0 Å². The van der Waals surface area contributed by atoms with Crippen molar-refractivity contribution >= 4 is 5.97 Å². The minimum atomic E-state index is -0.573. The Balaban J connectivity index is 2.93. The van der Waals surface area contributed by atoms with Gasteiger partial charge in [-0.05, 0) is 0 Å². The van der Waals surface area contributed by atoms with Crippen molar-refractivity contribution in [3.05, 3.63) is 11.4 Å². The van der Waals surface area contributed by atoms with E-state index in [1.54, 1.807) is 7.11 Å². The van der Waals surface area contributed by atoms with Gasteiger partial charge >= 0.3 is 5.97 Å². The number of aryl methyl sites for hydroxylation is 1. The number of carbonyl (C=O) groups excluding carboxylic acids is 1. The topological polar surface area (TPSA) is 66.2 Å². The van der Waals surface area contributed by atoms with E-state index in [2.05, 4.69) is 15.0 Å². The molecule has 6 nitrogen and oxygen atoms in total. The Morgan fingerprint density at radius 2 is 2.25 bits per heavy atom. The molecule has 0 spiro atoms. The molecule has 1 aromatic rings. The van der Waals surface area contributed by atoms with Gasteiger partial charge in [-0.15, -0.1) is 5.10 Å². The molecule has 0 atom stereocenters. The number of ether oxygens (including phenoxy) is 2. The second-order valence-electron chi connectivity index (χ2n) is 3.03. The highest BCUT2D eigenvalue weighted by Gasteiger charge is 2.19. The first-order valence-electron chi connectivity index (χ1n) is 4.80. The van der Waals surface area contributed by atoms with Gasteiger partial charge in [0.1, 0.15) is 6.67 Å². The fraction of sp³-hybridized carbons (Fsp3) is 0.667. The number of carbonyl (C=O) groups is 1. The van der Waals surface area contributed by atoms with E-state index >= 15 is 0 Å². The predicted molar refractivity (Wildman–Crippen MR) is 52.9 cm³/mol. The molecule has 0 aliphatic heterocycles. The van der Waals surface area contributed by atoms with E-state index in [1.807, 2.05) is 0 Å². The van der Waals surface area contributed by atoms with Crippen molar-refractivity contribution in [1.82, 2.24) is 15.0 Å². The zero-order chi connectivity index (χ0) is 12.0. The zero-order valence-corrected chi connectivity index (χ0v) is 9.27. The first-order chi connectivity index (χ1) is 7.74. The first-order valence-corrected chi connectivity index (χ1v) is 4.80. The average molecular weight is 231 g/mol. The Bertz CT molecular complexity index is 354. The standard InChI is InChI=1S/C9H14FN3O3/c1-15-6-3-7-8(9(14)16-2)11-12-13(7)5-4-10/h3-6H2,1-2H3. The highest BCUT2D eigenvalue weighted by molar-refractivity contribution is 5.88. The Morgan fingerprint density at radius 3 is 2.81 bits per heavy atom. The summed E-state index contributed by atoms with van der Waals surface area (Å²) in [7, 11) is 2.80. The van der Waals surface area contributed by atoms with E-state index in [0.717, 1.165) is 0 Å². The normalized spacial score (nSPS) is 10.4. The Kier molecular flexibility index (Phi) is 4.84. The molecule has 0 bridgehead atoms. The number of hydrogen-bond donors (Lipinski definition) is 0. The summed E-state index contributed by atoms with van der Waals surface area (Å²) in [5.41, 5.74) is 0.652. The van der Waals surface area contributed by atoms with E-state index in [4.69, 9.17) is 4.74 Å². The number of nitrogens with zero attached hydrogens (tertiary/aromatic N) is 3. The molecule has 16 heavy (non-hydrogen) atoms. The van der Waals surface area contributed by atoms with Gasteiger partial charge in [0, 0.05) is 13.5 Å².